The van der Waals surface area contributed by atoms with E-state index in [1.54, 1.807) is 0 Å². The number of nitrogens with one attached hydrogen (secondary N) is 1. The van der Waals surface area contributed by atoms with E-state index in [1.807, 2.05) is 18.8 Å². The lowest BCUT2D eigenvalue weighted by Crippen LogP contribution is -2.15. The van der Waals surface area contributed by atoms with Crippen LogP contribution in [0.3, 0.4) is 0 Å². The van der Waals surface area contributed by atoms with Crippen LogP contribution in [0.25, 0.3) is 11.1 Å². The van der Waals surface area contributed by atoms with Gasteiger partial charge < -0.3 is 5.32 Å². The summed E-state index contributed by atoms with van der Waals surface area (Å²) < 4.78 is 2.04. The van der Waals surface area contributed by atoms with Gasteiger partial charge >= 0.3 is 0 Å². The van der Waals surface area contributed by atoms with Crippen LogP contribution in [0, 0.1) is 0 Å². The average molecular weight is 285 g/mol. The summed E-state index contributed by atoms with van der Waals surface area (Å²) >= 11 is 0. The number of nitrogens with zero attached hydrogens (tertiary/aromatic N) is 2. The molecule has 1 aromatic heterocycles. The molecule has 1 heterocycles. The molecule has 0 radical (unpaired) electrons. The zero-order valence-corrected chi connectivity index (χ0v) is 13.9. The van der Waals surface area contributed by atoms with Gasteiger partial charge in [-0.2, -0.15) is 5.10 Å². The van der Waals surface area contributed by atoms with Crippen molar-refractivity contribution < 1.29 is 0 Å². The molecule has 0 aliphatic rings. The second-order valence-corrected chi connectivity index (χ2v) is 5.47. The normalized spacial score (nSPS) is 12.6. The van der Waals surface area contributed by atoms with Gasteiger partial charge in [0.2, 0.25) is 0 Å². The van der Waals surface area contributed by atoms with E-state index >= 15 is 0 Å². The number of aryl methyl sites for hydroxylation is 2. The SMILES string of the molecule is CCc1nn(C)c(CC)c1-c1cccc(C(CC)NC)c1. The molecular formula is C18H27N3. The Hall–Kier alpha value is -1.61. The Labute approximate surface area is 128 Å². The van der Waals surface area contributed by atoms with Crippen LogP contribution in [0.2, 0.25) is 0 Å². The minimum Gasteiger partial charge on any atom is -0.313 e. The predicted octanol–water partition coefficient (Wildman–Crippen LogP) is 3.88. The fraction of sp³-hybridized carbons (Fsp3) is 0.500. The molecular weight excluding hydrogens is 258 g/mol. The van der Waals surface area contributed by atoms with Crippen LogP contribution >= 0.6 is 0 Å². The average Bonchev–Trinajstić information content (AvgIpc) is 2.84. The topological polar surface area (TPSA) is 29.9 Å². The first-order valence-corrected chi connectivity index (χ1v) is 7.98. The summed E-state index contributed by atoms with van der Waals surface area (Å²) in [5.41, 5.74) is 6.49. The fourth-order valence-electron chi connectivity index (χ4n) is 3.12. The quantitative estimate of drug-likeness (QED) is 0.873. The number of rotatable bonds is 6. The molecule has 0 aliphatic carbocycles. The summed E-state index contributed by atoms with van der Waals surface area (Å²) in [6.45, 7) is 6.59. The first-order valence-electron chi connectivity index (χ1n) is 7.98. The smallest absolute Gasteiger partial charge is 0.0703 e. The molecule has 1 atom stereocenters. The molecule has 0 saturated heterocycles. The summed E-state index contributed by atoms with van der Waals surface area (Å²) in [5, 5.41) is 8.08. The highest BCUT2D eigenvalue weighted by Gasteiger charge is 2.16. The minimum absolute atomic E-state index is 0.414. The van der Waals surface area contributed by atoms with Crippen molar-refractivity contribution in [3.8, 4) is 11.1 Å². The highest BCUT2D eigenvalue weighted by Crippen LogP contribution is 2.30. The molecule has 0 bridgehead atoms. The molecule has 0 amide bonds. The maximum atomic E-state index is 4.69. The first-order chi connectivity index (χ1) is 10.2. The van der Waals surface area contributed by atoms with Gasteiger partial charge in [0.15, 0.2) is 0 Å². The van der Waals surface area contributed by atoms with Crippen molar-refractivity contribution in [1.82, 2.24) is 15.1 Å². The van der Waals surface area contributed by atoms with Crippen LogP contribution in [-0.2, 0) is 19.9 Å². The molecule has 3 heteroatoms. The Morgan fingerprint density at radius 2 is 1.95 bits per heavy atom. The highest BCUT2D eigenvalue weighted by molar-refractivity contribution is 5.69. The Balaban J connectivity index is 2.54. The van der Waals surface area contributed by atoms with Gasteiger partial charge in [0.25, 0.3) is 0 Å². The van der Waals surface area contributed by atoms with E-state index in [4.69, 9.17) is 5.10 Å². The van der Waals surface area contributed by atoms with Gasteiger partial charge in [-0.05, 0) is 43.5 Å². The molecule has 0 saturated carbocycles. The fourth-order valence-corrected chi connectivity index (χ4v) is 3.12. The monoisotopic (exact) mass is 285 g/mol. The van der Waals surface area contributed by atoms with Crippen LogP contribution in [0.15, 0.2) is 24.3 Å². The zero-order valence-electron chi connectivity index (χ0n) is 13.9. The van der Waals surface area contributed by atoms with Crippen molar-refractivity contribution in [2.24, 2.45) is 7.05 Å². The molecule has 114 valence electrons. The molecule has 21 heavy (non-hydrogen) atoms. The van der Waals surface area contributed by atoms with Gasteiger partial charge in [0, 0.05) is 24.3 Å². The van der Waals surface area contributed by atoms with Crippen LogP contribution in [0.1, 0.15) is 50.2 Å². The molecule has 2 rings (SSSR count). The second-order valence-electron chi connectivity index (χ2n) is 5.47. The number of aromatic nitrogens is 2. The van der Waals surface area contributed by atoms with E-state index in [0.29, 0.717) is 6.04 Å². The van der Waals surface area contributed by atoms with Crippen molar-refractivity contribution in [3.05, 3.63) is 41.2 Å². The lowest BCUT2D eigenvalue weighted by molar-refractivity contribution is 0.577. The third kappa shape index (κ3) is 3.03. The lowest BCUT2D eigenvalue weighted by Gasteiger charge is -2.16. The molecule has 1 N–H and O–H groups in total. The van der Waals surface area contributed by atoms with Crippen LogP contribution in [0.5, 0.6) is 0 Å². The summed E-state index contributed by atoms with van der Waals surface area (Å²) in [5.74, 6) is 0. The minimum atomic E-state index is 0.414. The Morgan fingerprint density at radius 1 is 1.19 bits per heavy atom. The summed E-state index contributed by atoms with van der Waals surface area (Å²) in [6.07, 6.45) is 3.07. The van der Waals surface area contributed by atoms with Gasteiger partial charge in [-0.1, -0.05) is 39.0 Å². The summed E-state index contributed by atoms with van der Waals surface area (Å²) in [6, 6.07) is 9.32. The maximum Gasteiger partial charge on any atom is 0.0703 e. The van der Waals surface area contributed by atoms with Crippen molar-refractivity contribution in [1.29, 1.82) is 0 Å². The van der Waals surface area contributed by atoms with Crippen molar-refractivity contribution in [2.45, 2.75) is 46.1 Å². The zero-order chi connectivity index (χ0) is 15.4. The van der Waals surface area contributed by atoms with Gasteiger partial charge in [-0.15, -0.1) is 0 Å². The van der Waals surface area contributed by atoms with E-state index < -0.39 is 0 Å². The maximum absolute atomic E-state index is 4.69. The molecule has 2 aromatic rings. The third-order valence-electron chi connectivity index (χ3n) is 4.24. The summed E-state index contributed by atoms with van der Waals surface area (Å²) in [7, 11) is 4.08. The van der Waals surface area contributed by atoms with E-state index in [9.17, 15) is 0 Å². The third-order valence-corrected chi connectivity index (χ3v) is 4.24. The number of benzene rings is 1. The number of hydrogen-bond donors (Lipinski definition) is 1. The molecule has 0 aliphatic heterocycles. The standard InChI is InChI=1S/C18H27N3/c1-6-15(19-4)13-10-9-11-14(12-13)18-16(7-2)20-21(5)17(18)8-3/h9-12,15,19H,6-8H2,1-5H3. The van der Waals surface area contributed by atoms with Crippen molar-refractivity contribution in [3.63, 3.8) is 0 Å². The molecule has 1 unspecified atom stereocenters. The van der Waals surface area contributed by atoms with Gasteiger partial charge in [0.1, 0.15) is 0 Å². The summed E-state index contributed by atoms with van der Waals surface area (Å²) in [4.78, 5) is 0. The van der Waals surface area contributed by atoms with E-state index in [1.165, 1.54) is 28.1 Å². The highest BCUT2D eigenvalue weighted by atomic mass is 15.3. The second kappa shape index (κ2) is 6.90. The van der Waals surface area contributed by atoms with Gasteiger partial charge in [-0.3, -0.25) is 4.68 Å². The van der Waals surface area contributed by atoms with Crippen LogP contribution in [-0.4, -0.2) is 16.8 Å². The molecule has 3 nitrogen and oxygen atoms in total. The molecule has 0 fully saturated rings. The Bertz CT molecular complexity index is 595. The largest absolute Gasteiger partial charge is 0.313 e. The molecule has 1 aromatic carbocycles. The predicted molar refractivity (Wildman–Crippen MR) is 89.5 cm³/mol. The van der Waals surface area contributed by atoms with E-state index in [2.05, 4.69) is 50.4 Å². The first kappa shape index (κ1) is 15.8. The van der Waals surface area contributed by atoms with E-state index in [-0.39, 0.29) is 0 Å². The Kier molecular flexibility index (Phi) is 5.18. The number of hydrogen-bond acceptors (Lipinski definition) is 2. The van der Waals surface area contributed by atoms with Crippen molar-refractivity contribution in [2.75, 3.05) is 7.05 Å². The van der Waals surface area contributed by atoms with E-state index in [0.717, 1.165) is 19.3 Å². The lowest BCUT2D eigenvalue weighted by atomic mass is 9.96. The van der Waals surface area contributed by atoms with Gasteiger partial charge in [-0.25, -0.2) is 0 Å². The Morgan fingerprint density at radius 3 is 2.52 bits per heavy atom. The van der Waals surface area contributed by atoms with Gasteiger partial charge in [0.05, 0.1) is 5.69 Å². The van der Waals surface area contributed by atoms with Crippen LogP contribution < -0.4 is 5.32 Å². The van der Waals surface area contributed by atoms with Crippen molar-refractivity contribution >= 4 is 0 Å². The van der Waals surface area contributed by atoms with Crippen LogP contribution in [0.4, 0.5) is 0 Å². The molecule has 0 spiro atoms.